The molecule has 0 aromatic heterocycles. The van der Waals surface area contributed by atoms with Gasteiger partial charge in [0.05, 0.1) is 24.1 Å². The fourth-order valence-corrected chi connectivity index (χ4v) is 5.82. The number of carbonyl (C=O) groups is 1. The van der Waals surface area contributed by atoms with Crippen LogP contribution in [0.15, 0.2) is 0 Å². The highest BCUT2D eigenvalue weighted by molar-refractivity contribution is 7.80. The van der Waals surface area contributed by atoms with Crippen molar-refractivity contribution in [3.8, 4) is 0 Å². The summed E-state index contributed by atoms with van der Waals surface area (Å²) < 4.78 is 5.62. The Balaban J connectivity index is 1.62. The van der Waals surface area contributed by atoms with E-state index in [0.717, 1.165) is 18.2 Å². The smallest absolute Gasteiger partial charge is 0.311 e. The molecule has 2 saturated carbocycles. The molecular weight excluding hydrogens is 336 g/mol. The molecule has 3 heterocycles. The molecule has 0 aromatic carbocycles. The number of aliphatic hydroxyl groups excluding tert-OH is 1. The first-order valence-corrected chi connectivity index (χ1v) is 10.3. The number of fused-ring (bicyclic) bond motifs is 2. The van der Waals surface area contributed by atoms with Gasteiger partial charge in [0.25, 0.3) is 0 Å². The summed E-state index contributed by atoms with van der Waals surface area (Å²) in [6.07, 6.45) is 6.00. The van der Waals surface area contributed by atoms with Crippen LogP contribution in [0, 0.1) is 17.8 Å². The summed E-state index contributed by atoms with van der Waals surface area (Å²) >= 11 is 5.88. The van der Waals surface area contributed by atoms with Crippen molar-refractivity contribution < 1.29 is 14.6 Å². The average molecular weight is 367 g/mol. The van der Waals surface area contributed by atoms with Gasteiger partial charge in [0.1, 0.15) is 6.10 Å². The summed E-state index contributed by atoms with van der Waals surface area (Å²) in [5.74, 6) is 0.750. The minimum atomic E-state index is -0.556. The first kappa shape index (κ1) is 17.5. The molecule has 3 saturated heterocycles. The molecule has 5 fully saturated rings. The topological polar surface area (TPSA) is 53.0 Å². The van der Waals surface area contributed by atoms with Gasteiger partial charge in [-0.2, -0.15) is 0 Å². The number of hydrogen-bond donors (Lipinski definition) is 1. The number of ether oxygens (including phenoxy) is 1. The van der Waals surface area contributed by atoms with E-state index in [1.165, 1.54) is 32.1 Å². The monoisotopic (exact) mass is 366 g/mol. The van der Waals surface area contributed by atoms with E-state index in [0.29, 0.717) is 18.3 Å². The zero-order valence-electron chi connectivity index (χ0n) is 15.3. The summed E-state index contributed by atoms with van der Waals surface area (Å²) in [5, 5.41) is 11.3. The van der Waals surface area contributed by atoms with Gasteiger partial charge in [-0.1, -0.05) is 33.1 Å². The molecule has 0 unspecified atom stereocenters. The SMILES string of the molecule is CC(C)CN1C(=S)N(CC2CCCCC2)[C@H]2[C@@H]3OC(=O)[C@@H](C[C@H]3O)[C@H]21. The number of carbonyl (C=O) groups excluding carboxylic acids is 1. The zero-order valence-corrected chi connectivity index (χ0v) is 16.1. The lowest BCUT2D eigenvalue weighted by molar-refractivity contribution is -0.199. The van der Waals surface area contributed by atoms with E-state index in [9.17, 15) is 9.90 Å². The third-order valence-electron chi connectivity index (χ3n) is 6.48. The van der Waals surface area contributed by atoms with Crippen molar-refractivity contribution in [1.29, 1.82) is 0 Å². The predicted molar refractivity (Wildman–Crippen MR) is 99.0 cm³/mol. The lowest BCUT2D eigenvalue weighted by atomic mass is 9.74. The second-order valence-corrected chi connectivity index (χ2v) is 9.14. The van der Waals surface area contributed by atoms with Crippen molar-refractivity contribution in [3.63, 3.8) is 0 Å². The number of thiocarbonyl (C=S) groups is 1. The molecule has 140 valence electrons. The van der Waals surface area contributed by atoms with E-state index in [-0.39, 0.29) is 24.0 Å². The van der Waals surface area contributed by atoms with Crippen LogP contribution in [0.3, 0.4) is 0 Å². The Hall–Kier alpha value is -0.880. The molecule has 2 aliphatic carbocycles. The molecule has 5 nitrogen and oxygen atoms in total. The first-order valence-electron chi connectivity index (χ1n) is 9.93. The summed E-state index contributed by atoms with van der Waals surface area (Å²) in [5.41, 5.74) is 0. The van der Waals surface area contributed by atoms with E-state index in [1.807, 2.05) is 0 Å². The van der Waals surface area contributed by atoms with Gasteiger partial charge in [-0.05, 0) is 43.3 Å². The molecule has 6 heteroatoms. The van der Waals surface area contributed by atoms with Crippen molar-refractivity contribution in [2.24, 2.45) is 17.8 Å². The molecular formula is C19H30N2O3S. The van der Waals surface area contributed by atoms with Crippen molar-refractivity contribution >= 4 is 23.3 Å². The molecule has 25 heavy (non-hydrogen) atoms. The van der Waals surface area contributed by atoms with E-state index >= 15 is 0 Å². The van der Waals surface area contributed by atoms with E-state index in [1.54, 1.807) is 0 Å². The molecule has 0 radical (unpaired) electrons. The molecule has 0 amide bonds. The van der Waals surface area contributed by atoms with Gasteiger partial charge in [-0.15, -0.1) is 0 Å². The van der Waals surface area contributed by atoms with Crippen molar-refractivity contribution in [3.05, 3.63) is 0 Å². The molecule has 3 aliphatic heterocycles. The van der Waals surface area contributed by atoms with Crippen LogP contribution in [0.2, 0.25) is 0 Å². The Morgan fingerprint density at radius 3 is 2.60 bits per heavy atom. The standard InChI is InChI=1S/C19H30N2O3S/c1-11(2)9-20-15-13-8-14(22)17(24-18(13)23)16(15)21(19(20)25)10-12-6-4-3-5-7-12/h11-17,22H,3-10H2,1-2H3/t13-,14+,15+,16+,17+/m0/s1. The Morgan fingerprint density at radius 2 is 1.92 bits per heavy atom. The normalized spacial score (nSPS) is 38.5. The molecule has 1 N–H and O–H groups in total. The fraction of sp³-hybridized carbons (Fsp3) is 0.895. The summed E-state index contributed by atoms with van der Waals surface area (Å²) in [4.78, 5) is 16.9. The number of rotatable bonds is 4. The van der Waals surface area contributed by atoms with Crippen LogP contribution in [0.25, 0.3) is 0 Å². The maximum atomic E-state index is 12.4. The van der Waals surface area contributed by atoms with Crippen LogP contribution < -0.4 is 0 Å². The maximum Gasteiger partial charge on any atom is 0.311 e. The molecule has 2 bridgehead atoms. The van der Waals surface area contributed by atoms with Crippen LogP contribution in [0.4, 0.5) is 0 Å². The van der Waals surface area contributed by atoms with Gasteiger partial charge in [-0.25, -0.2) is 0 Å². The maximum absolute atomic E-state index is 12.4. The largest absolute Gasteiger partial charge is 0.457 e. The van der Waals surface area contributed by atoms with Gasteiger partial charge < -0.3 is 19.6 Å². The zero-order chi connectivity index (χ0) is 17.7. The second-order valence-electron chi connectivity index (χ2n) is 8.78. The van der Waals surface area contributed by atoms with Gasteiger partial charge in [0.15, 0.2) is 5.11 Å². The van der Waals surface area contributed by atoms with Gasteiger partial charge in [0, 0.05) is 13.1 Å². The minimum Gasteiger partial charge on any atom is -0.457 e. The van der Waals surface area contributed by atoms with Crippen LogP contribution in [-0.2, 0) is 9.53 Å². The lowest BCUT2D eigenvalue weighted by Crippen LogP contribution is -2.66. The molecule has 0 aromatic rings. The summed E-state index contributed by atoms with van der Waals surface area (Å²) in [6.45, 7) is 6.20. The van der Waals surface area contributed by atoms with Crippen molar-refractivity contribution in [2.75, 3.05) is 13.1 Å². The molecule has 5 atom stereocenters. The van der Waals surface area contributed by atoms with Gasteiger partial charge in [-0.3, -0.25) is 4.79 Å². The second kappa shape index (κ2) is 6.69. The Morgan fingerprint density at radius 1 is 1.20 bits per heavy atom. The van der Waals surface area contributed by atoms with Gasteiger partial charge >= 0.3 is 5.97 Å². The number of nitrogens with zero attached hydrogens (tertiary/aromatic N) is 2. The van der Waals surface area contributed by atoms with E-state index in [2.05, 4.69) is 23.6 Å². The molecule has 5 rings (SSSR count). The molecule has 5 aliphatic rings. The highest BCUT2D eigenvalue weighted by Crippen LogP contribution is 2.45. The summed E-state index contributed by atoms with van der Waals surface area (Å²) in [7, 11) is 0. The van der Waals surface area contributed by atoms with Crippen LogP contribution in [-0.4, -0.2) is 63.4 Å². The highest BCUT2D eigenvalue weighted by Gasteiger charge is 2.62. The lowest BCUT2D eigenvalue weighted by Gasteiger charge is -2.49. The summed E-state index contributed by atoms with van der Waals surface area (Å²) in [6, 6.07) is 0.104. The average Bonchev–Trinajstić information content (AvgIpc) is 2.84. The minimum absolute atomic E-state index is 0.0274. The number of aliphatic hydroxyl groups is 1. The quantitative estimate of drug-likeness (QED) is 0.608. The third kappa shape index (κ3) is 2.95. The van der Waals surface area contributed by atoms with Crippen LogP contribution >= 0.6 is 12.2 Å². The Kier molecular flexibility index (Phi) is 4.69. The van der Waals surface area contributed by atoms with Crippen LogP contribution in [0.5, 0.6) is 0 Å². The van der Waals surface area contributed by atoms with Crippen molar-refractivity contribution in [2.45, 2.75) is 76.7 Å². The third-order valence-corrected chi connectivity index (χ3v) is 6.95. The van der Waals surface area contributed by atoms with E-state index < -0.39 is 12.2 Å². The molecule has 0 spiro atoms. The number of hydrogen-bond acceptors (Lipinski definition) is 4. The van der Waals surface area contributed by atoms with Gasteiger partial charge in [0.2, 0.25) is 0 Å². The van der Waals surface area contributed by atoms with Crippen molar-refractivity contribution in [1.82, 2.24) is 9.80 Å². The Labute approximate surface area is 155 Å². The Bertz CT molecular complexity index is 549. The van der Waals surface area contributed by atoms with E-state index in [4.69, 9.17) is 17.0 Å². The fourth-order valence-electron chi connectivity index (χ4n) is 5.42. The predicted octanol–water partition coefficient (Wildman–Crippen LogP) is 2.17. The number of esters is 1. The highest BCUT2D eigenvalue weighted by atomic mass is 32.1. The first-order chi connectivity index (χ1) is 12.0. The van der Waals surface area contributed by atoms with Crippen LogP contribution in [0.1, 0.15) is 52.4 Å².